The van der Waals surface area contributed by atoms with Gasteiger partial charge in [-0.25, -0.2) is 5.84 Å². The zero-order valence-electron chi connectivity index (χ0n) is 9.87. The van der Waals surface area contributed by atoms with Crippen LogP contribution >= 0.6 is 0 Å². The van der Waals surface area contributed by atoms with Crippen LogP contribution in [0.15, 0.2) is 4.99 Å². The predicted octanol–water partition coefficient (Wildman–Crippen LogP) is -0.147. The summed E-state index contributed by atoms with van der Waals surface area (Å²) in [6.07, 6.45) is 1.23. The molecule has 1 aliphatic rings. The minimum atomic E-state index is 0.773. The van der Waals surface area contributed by atoms with E-state index in [0.29, 0.717) is 0 Å². The maximum Gasteiger partial charge on any atom is 0.208 e. The number of guanidine groups is 1. The highest BCUT2D eigenvalue weighted by Gasteiger charge is 2.18. The summed E-state index contributed by atoms with van der Waals surface area (Å²) in [5.41, 5.74) is 2.68. The third kappa shape index (κ3) is 3.68. The molecule has 3 N–H and O–H groups in total. The Morgan fingerprint density at radius 2 is 1.93 bits per heavy atom. The van der Waals surface area contributed by atoms with Gasteiger partial charge in [0.2, 0.25) is 5.96 Å². The summed E-state index contributed by atoms with van der Waals surface area (Å²) in [5.74, 6) is 6.27. The molecule has 0 unspecified atom stereocenters. The van der Waals surface area contributed by atoms with E-state index in [-0.39, 0.29) is 0 Å². The van der Waals surface area contributed by atoms with Crippen molar-refractivity contribution >= 4 is 5.96 Å². The number of nitrogens with one attached hydrogen (secondary N) is 1. The number of rotatable bonds is 3. The summed E-state index contributed by atoms with van der Waals surface area (Å²) in [7, 11) is 0. The third-order valence-electron chi connectivity index (χ3n) is 2.65. The molecule has 0 amide bonds. The summed E-state index contributed by atoms with van der Waals surface area (Å²) in [4.78, 5) is 9.03. The van der Waals surface area contributed by atoms with Gasteiger partial charge in [-0.15, -0.1) is 0 Å². The van der Waals surface area contributed by atoms with Crippen LogP contribution in [0, 0.1) is 0 Å². The second-order valence-corrected chi connectivity index (χ2v) is 3.77. The molecule has 1 aliphatic heterocycles. The first-order valence-electron chi connectivity index (χ1n) is 5.80. The van der Waals surface area contributed by atoms with Gasteiger partial charge >= 0.3 is 0 Å². The first-order chi connectivity index (χ1) is 7.31. The van der Waals surface area contributed by atoms with Crippen LogP contribution in [-0.2, 0) is 0 Å². The van der Waals surface area contributed by atoms with Gasteiger partial charge in [-0.2, -0.15) is 0 Å². The predicted molar refractivity (Wildman–Crippen MR) is 63.6 cm³/mol. The minimum Gasteiger partial charge on any atom is -0.339 e. The van der Waals surface area contributed by atoms with Crippen LogP contribution in [0.4, 0.5) is 0 Å². The second kappa shape index (κ2) is 6.63. The highest BCUT2D eigenvalue weighted by atomic mass is 15.4. The molecule has 1 rings (SSSR count). The van der Waals surface area contributed by atoms with E-state index in [2.05, 4.69) is 27.1 Å². The van der Waals surface area contributed by atoms with Gasteiger partial charge in [-0.1, -0.05) is 6.92 Å². The Bertz CT molecular complexity index is 196. The molecule has 0 aromatic heterocycles. The topological polar surface area (TPSA) is 56.9 Å². The number of piperazine rings is 1. The van der Waals surface area contributed by atoms with E-state index in [0.717, 1.165) is 38.7 Å². The Labute approximate surface area is 92.3 Å². The average molecular weight is 213 g/mol. The van der Waals surface area contributed by atoms with E-state index in [1.165, 1.54) is 13.0 Å². The standard InChI is InChI=1S/C10H23N5/c1-3-5-14-6-8-15(9-7-14)10(13-11)12-4-2/h3-9,11H2,1-2H3,(H,12,13). The molecule has 5 heteroatoms. The van der Waals surface area contributed by atoms with Gasteiger partial charge in [-0.3, -0.25) is 15.3 Å². The molecule has 0 spiro atoms. The molecular formula is C10H23N5. The quantitative estimate of drug-likeness (QED) is 0.296. The van der Waals surface area contributed by atoms with E-state index in [1.54, 1.807) is 0 Å². The van der Waals surface area contributed by atoms with Crippen LogP contribution in [0.3, 0.4) is 0 Å². The van der Waals surface area contributed by atoms with Gasteiger partial charge in [0.05, 0.1) is 0 Å². The maximum atomic E-state index is 5.45. The van der Waals surface area contributed by atoms with E-state index in [4.69, 9.17) is 5.84 Å². The molecule has 0 aromatic rings. The number of hydrazine groups is 1. The third-order valence-corrected chi connectivity index (χ3v) is 2.65. The first-order valence-corrected chi connectivity index (χ1v) is 5.80. The van der Waals surface area contributed by atoms with Crippen molar-refractivity contribution in [1.82, 2.24) is 15.2 Å². The van der Waals surface area contributed by atoms with Crippen molar-refractivity contribution in [2.24, 2.45) is 10.8 Å². The number of nitrogens with zero attached hydrogens (tertiary/aromatic N) is 3. The highest BCUT2D eigenvalue weighted by Crippen LogP contribution is 2.02. The molecule has 1 saturated heterocycles. The highest BCUT2D eigenvalue weighted by molar-refractivity contribution is 5.79. The summed E-state index contributed by atoms with van der Waals surface area (Å²) < 4.78 is 0. The number of aliphatic imine (C=N–C) groups is 1. The van der Waals surface area contributed by atoms with Gasteiger partial charge in [0.1, 0.15) is 0 Å². The normalized spacial score (nSPS) is 19.4. The smallest absolute Gasteiger partial charge is 0.208 e. The fourth-order valence-electron chi connectivity index (χ4n) is 1.89. The monoisotopic (exact) mass is 213 g/mol. The Morgan fingerprint density at radius 1 is 1.27 bits per heavy atom. The summed E-state index contributed by atoms with van der Waals surface area (Å²) in [6, 6.07) is 0. The molecule has 15 heavy (non-hydrogen) atoms. The summed E-state index contributed by atoms with van der Waals surface area (Å²) >= 11 is 0. The van der Waals surface area contributed by atoms with E-state index in [1.807, 2.05) is 6.92 Å². The minimum absolute atomic E-state index is 0.773. The van der Waals surface area contributed by atoms with Crippen molar-refractivity contribution in [1.29, 1.82) is 0 Å². The zero-order chi connectivity index (χ0) is 11.1. The number of nitrogens with two attached hydrogens (primary N) is 1. The number of hydrogen-bond acceptors (Lipinski definition) is 3. The van der Waals surface area contributed by atoms with Crippen molar-refractivity contribution in [3.8, 4) is 0 Å². The largest absolute Gasteiger partial charge is 0.339 e. The molecule has 0 aliphatic carbocycles. The van der Waals surface area contributed by atoms with Crippen LogP contribution in [0.1, 0.15) is 20.3 Å². The van der Waals surface area contributed by atoms with Gasteiger partial charge in [0.15, 0.2) is 0 Å². The molecule has 0 bridgehead atoms. The van der Waals surface area contributed by atoms with Crippen LogP contribution in [0.2, 0.25) is 0 Å². The Balaban J connectivity index is 2.38. The van der Waals surface area contributed by atoms with Crippen molar-refractivity contribution in [2.45, 2.75) is 20.3 Å². The van der Waals surface area contributed by atoms with Crippen molar-refractivity contribution in [2.75, 3.05) is 39.3 Å². The molecule has 0 aromatic carbocycles. The van der Waals surface area contributed by atoms with Gasteiger partial charge in [0.25, 0.3) is 0 Å². The van der Waals surface area contributed by atoms with Crippen LogP contribution < -0.4 is 11.3 Å². The SMILES string of the molecule is CCCN1CCN(C(=NCC)NN)CC1. The first kappa shape index (κ1) is 12.3. The molecule has 88 valence electrons. The average Bonchev–Trinajstić information content (AvgIpc) is 2.28. The lowest BCUT2D eigenvalue weighted by molar-refractivity contribution is 0.179. The molecule has 5 nitrogen and oxygen atoms in total. The molecule has 1 heterocycles. The van der Waals surface area contributed by atoms with Gasteiger partial charge in [-0.05, 0) is 19.9 Å². The van der Waals surface area contributed by atoms with Crippen LogP contribution in [0.25, 0.3) is 0 Å². The fourth-order valence-corrected chi connectivity index (χ4v) is 1.89. The Morgan fingerprint density at radius 3 is 2.40 bits per heavy atom. The Hall–Kier alpha value is -0.810. The van der Waals surface area contributed by atoms with Crippen LogP contribution in [-0.4, -0.2) is 55.0 Å². The molecule has 1 fully saturated rings. The molecule has 0 atom stereocenters. The lowest BCUT2D eigenvalue weighted by Crippen LogP contribution is -2.54. The molecular weight excluding hydrogens is 190 g/mol. The fraction of sp³-hybridized carbons (Fsp3) is 0.900. The lowest BCUT2D eigenvalue weighted by Gasteiger charge is -2.35. The molecule has 0 saturated carbocycles. The zero-order valence-corrected chi connectivity index (χ0v) is 9.87. The second-order valence-electron chi connectivity index (χ2n) is 3.77. The molecule has 0 radical (unpaired) electrons. The number of hydrogen-bond donors (Lipinski definition) is 2. The lowest BCUT2D eigenvalue weighted by atomic mass is 10.3. The maximum absolute atomic E-state index is 5.45. The van der Waals surface area contributed by atoms with E-state index >= 15 is 0 Å². The Kier molecular flexibility index (Phi) is 5.42. The van der Waals surface area contributed by atoms with Crippen molar-refractivity contribution < 1.29 is 0 Å². The summed E-state index contributed by atoms with van der Waals surface area (Å²) in [6.45, 7) is 10.5. The summed E-state index contributed by atoms with van der Waals surface area (Å²) in [5, 5.41) is 0. The van der Waals surface area contributed by atoms with Gasteiger partial charge in [0, 0.05) is 32.7 Å². The van der Waals surface area contributed by atoms with E-state index in [9.17, 15) is 0 Å². The van der Waals surface area contributed by atoms with Crippen LogP contribution in [0.5, 0.6) is 0 Å². The van der Waals surface area contributed by atoms with Crippen molar-refractivity contribution in [3.63, 3.8) is 0 Å². The van der Waals surface area contributed by atoms with E-state index < -0.39 is 0 Å². The van der Waals surface area contributed by atoms with Gasteiger partial charge < -0.3 is 4.90 Å². The van der Waals surface area contributed by atoms with Crippen molar-refractivity contribution in [3.05, 3.63) is 0 Å².